The predicted octanol–water partition coefficient (Wildman–Crippen LogP) is 3.35. The van der Waals surface area contributed by atoms with Gasteiger partial charge in [0.1, 0.15) is 0 Å². The standard InChI is InChI=1S/C19H24N2O3S/c1-5-15(3)20-19(22)16-10-8-11-17(13-16)25(23,24)21(4)18-12-7-6-9-14(18)2/h6-13,15H,5H2,1-4H3,(H,20,22). The number of nitrogens with one attached hydrogen (secondary N) is 1. The van der Waals surface area contributed by atoms with Crippen molar-refractivity contribution in [3.8, 4) is 0 Å². The van der Waals surface area contributed by atoms with Gasteiger partial charge in [0.25, 0.3) is 15.9 Å². The van der Waals surface area contributed by atoms with Gasteiger partial charge in [0, 0.05) is 18.7 Å². The predicted molar refractivity (Wildman–Crippen MR) is 100 cm³/mol. The number of amides is 1. The molecule has 0 aliphatic heterocycles. The van der Waals surface area contributed by atoms with E-state index in [-0.39, 0.29) is 16.8 Å². The molecule has 0 aromatic heterocycles. The zero-order chi connectivity index (χ0) is 18.6. The number of carbonyl (C=O) groups is 1. The van der Waals surface area contributed by atoms with Gasteiger partial charge >= 0.3 is 0 Å². The van der Waals surface area contributed by atoms with Gasteiger partial charge in [-0.05, 0) is 50.1 Å². The zero-order valence-corrected chi connectivity index (χ0v) is 15.8. The summed E-state index contributed by atoms with van der Waals surface area (Å²) in [5, 5.41) is 2.85. The van der Waals surface area contributed by atoms with Crippen LogP contribution in [-0.4, -0.2) is 27.4 Å². The Labute approximate surface area is 149 Å². The number of sulfonamides is 1. The fraction of sp³-hybridized carbons (Fsp3) is 0.316. The van der Waals surface area contributed by atoms with E-state index < -0.39 is 10.0 Å². The van der Waals surface area contributed by atoms with Gasteiger partial charge in [-0.15, -0.1) is 0 Å². The molecule has 0 heterocycles. The summed E-state index contributed by atoms with van der Waals surface area (Å²) in [6, 6.07) is 13.4. The average molecular weight is 360 g/mol. The van der Waals surface area contributed by atoms with E-state index in [0.717, 1.165) is 12.0 Å². The zero-order valence-electron chi connectivity index (χ0n) is 15.0. The molecule has 0 aliphatic rings. The summed E-state index contributed by atoms with van der Waals surface area (Å²) in [6.07, 6.45) is 0.805. The quantitative estimate of drug-likeness (QED) is 0.859. The largest absolute Gasteiger partial charge is 0.350 e. The highest BCUT2D eigenvalue weighted by molar-refractivity contribution is 7.92. The van der Waals surface area contributed by atoms with Crippen LogP contribution in [0.4, 0.5) is 5.69 Å². The number of benzene rings is 2. The molecule has 1 unspecified atom stereocenters. The van der Waals surface area contributed by atoms with E-state index in [9.17, 15) is 13.2 Å². The van der Waals surface area contributed by atoms with Crippen LogP contribution in [0.5, 0.6) is 0 Å². The lowest BCUT2D eigenvalue weighted by molar-refractivity contribution is 0.0939. The van der Waals surface area contributed by atoms with Gasteiger partial charge < -0.3 is 5.32 Å². The summed E-state index contributed by atoms with van der Waals surface area (Å²) in [6.45, 7) is 5.74. The Morgan fingerprint density at radius 3 is 2.48 bits per heavy atom. The third-order valence-corrected chi connectivity index (χ3v) is 5.97. The van der Waals surface area contributed by atoms with E-state index in [1.807, 2.05) is 32.9 Å². The second kappa shape index (κ2) is 7.70. The van der Waals surface area contributed by atoms with Crippen LogP contribution in [0.1, 0.15) is 36.2 Å². The molecule has 0 fully saturated rings. The van der Waals surface area contributed by atoms with Crippen molar-refractivity contribution in [1.29, 1.82) is 0 Å². The highest BCUT2D eigenvalue weighted by Crippen LogP contribution is 2.25. The Morgan fingerprint density at radius 2 is 1.84 bits per heavy atom. The van der Waals surface area contributed by atoms with Gasteiger partial charge in [0.15, 0.2) is 0 Å². The lowest BCUT2D eigenvalue weighted by Crippen LogP contribution is -2.32. The number of carbonyl (C=O) groups excluding carboxylic acids is 1. The van der Waals surface area contributed by atoms with Crippen LogP contribution in [-0.2, 0) is 10.0 Å². The van der Waals surface area contributed by atoms with E-state index in [4.69, 9.17) is 0 Å². The Balaban J connectivity index is 2.36. The maximum atomic E-state index is 12.9. The lowest BCUT2D eigenvalue weighted by atomic mass is 10.2. The van der Waals surface area contributed by atoms with Crippen molar-refractivity contribution in [2.24, 2.45) is 0 Å². The molecule has 0 saturated carbocycles. The molecule has 0 radical (unpaired) electrons. The van der Waals surface area contributed by atoms with Gasteiger partial charge in [0.05, 0.1) is 10.6 Å². The van der Waals surface area contributed by atoms with E-state index >= 15 is 0 Å². The van der Waals surface area contributed by atoms with Crippen LogP contribution < -0.4 is 9.62 Å². The Bertz CT molecular complexity index is 862. The molecule has 0 bridgehead atoms. The molecule has 5 nitrogen and oxygen atoms in total. The first kappa shape index (κ1) is 19.0. The number of para-hydroxylation sites is 1. The topological polar surface area (TPSA) is 66.5 Å². The van der Waals surface area contributed by atoms with Gasteiger partial charge in [0.2, 0.25) is 0 Å². The van der Waals surface area contributed by atoms with Crippen molar-refractivity contribution in [3.05, 3.63) is 59.7 Å². The van der Waals surface area contributed by atoms with E-state index in [1.54, 1.807) is 24.3 Å². The first-order valence-corrected chi connectivity index (χ1v) is 9.67. The lowest BCUT2D eigenvalue weighted by Gasteiger charge is -2.21. The molecule has 1 N–H and O–H groups in total. The summed E-state index contributed by atoms with van der Waals surface area (Å²) < 4.78 is 27.1. The molecule has 2 rings (SSSR count). The number of anilines is 1. The summed E-state index contributed by atoms with van der Waals surface area (Å²) in [5.74, 6) is -0.273. The van der Waals surface area contributed by atoms with Gasteiger partial charge in [-0.25, -0.2) is 8.42 Å². The number of aryl methyl sites for hydroxylation is 1. The molecule has 6 heteroatoms. The van der Waals surface area contributed by atoms with Crippen LogP contribution in [0.15, 0.2) is 53.4 Å². The van der Waals surface area contributed by atoms with Gasteiger partial charge in [-0.1, -0.05) is 31.2 Å². The van der Waals surface area contributed by atoms with Crippen molar-refractivity contribution in [1.82, 2.24) is 5.32 Å². The molecule has 2 aromatic carbocycles. The van der Waals surface area contributed by atoms with Crippen LogP contribution in [0.25, 0.3) is 0 Å². The Hall–Kier alpha value is -2.34. The Morgan fingerprint density at radius 1 is 1.16 bits per heavy atom. The minimum absolute atomic E-state index is 0.0300. The van der Waals surface area contributed by atoms with Gasteiger partial charge in [-0.3, -0.25) is 9.10 Å². The molecule has 1 amide bonds. The van der Waals surface area contributed by atoms with Crippen molar-refractivity contribution in [2.45, 2.75) is 38.1 Å². The fourth-order valence-corrected chi connectivity index (χ4v) is 3.72. The van der Waals surface area contributed by atoms with Crippen LogP contribution in [0.2, 0.25) is 0 Å². The average Bonchev–Trinajstić information content (AvgIpc) is 2.61. The minimum Gasteiger partial charge on any atom is -0.350 e. The van der Waals surface area contributed by atoms with E-state index in [1.165, 1.54) is 23.5 Å². The summed E-state index contributed by atoms with van der Waals surface area (Å²) in [5.41, 5.74) is 1.80. The molecule has 25 heavy (non-hydrogen) atoms. The third kappa shape index (κ3) is 4.20. The SMILES string of the molecule is CCC(C)NC(=O)c1cccc(S(=O)(=O)N(C)c2ccccc2C)c1. The summed E-state index contributed by atoms with van der Waals surface area (Å²) in [4.78, 5) is 12.4. The van der Waals surface area contributed by atoms with Gasteiger partial charge in [-0.2, -0.15) is 0 Å². The van der Waals surface area contributed by atoms with Crippen molar-refractivity contribution in [2.75, 3.05) is 11.4 Å². The third-order valence-electron chi connectivity index (χ3n) is 4.20. The molecule has 2 aromatic rings. The summed E-state index contributed by atoms with van der Waals surface area (Å²) >= 11 is 0. The van der Waals surface area contributed by atoms with Crippen molar-refractivity contribution >= 4 is 21.6 Å². The molecule has 134 valence electrons. The number of hydrogen-bond donors (Lipinski definition) is 1. The van der Waals surface area contributed by atoms with Crippen LogP contribution in [0, 0.1) is 6.92 Å². The smallest absolute Gasteiger partial charge is 0.264 e. The highest BCUT2D eigenvalue weighted by Gasteiger charge is 2.23. The molecule has 0 spiro atoms. The number of rotatable bonds is 6. The second-order valence-electron chi connectivity index (χ2n) is 6.07. The second-order valence-corrected chi connectivity index (χ2v) is 8.04. The van der Waals surface area contributed by atoms with E-state index in [0.29, 0.717) is 11.3 Å². The Kier molecular flexibility index (Phi) is 5.85. The molecular formula is C19H24N2O3S. The monoisotopic (exact) mass is 360 g/mol. The normalized spacial score (nSPS) is 12.5. The molecule has 1 atom stereocenters. The molecule has 0 saturated heterocycles. The summed E-state index contributed by atoms with van der Waals surface area (Å²) in [7, 11) is -2.23. The number of hydrogen-bond acceptors (Lipinski definition) is 3. The molecular weight excluding hydrogens is 336 g/mol. The van der Waals surface area contributed by atoms with Crippen LogP contribution >= 0.6 is 0 Å². The van der Waals surface area contributed by atoms with E-state index in [2.05, 4.69) is 5.32 Å². The first-order valence-electron chi connectivity index (χ1n) is 8.23. The van der Waals surface area contributed by atoms with Crippen LogP contribution in [0.3, 0.4) is 0 Å². The minimum atomic E-state index is -3.75. The maximum Gasteiger partial charge on any atom is 0.264 e. The fourth-order valence-electron chi connectivity index (χ4n) is 2.41. The highest BCUT2D eigenvalue weighted by atomic mass is 32.2. The molecule has 0 aliphatic carbocycles. The maximum absolute atomic E-state index is 12.9. The number of nitrogens with zero attached hydrogens (tertiary/aromatic N) is 1. The first-order chi connectivity index (χ1) is 11.8. The van der Waals surface area contributed by atoms with Crippen molar-refractivity contribution in [3.63, 3.8) is 0 Å². The van der Waals surface area contributed by atoms with Crippen molar-refractivity contribution < 1.29 is 13.2 Å².